The number of fused-ring (bicyclic) bond motifs is 1. The van der Waals surface area contributed by atoms with Crippen LogP contribution in [0.1, 0.15) is 28.7 Å². The first-order valence-electron chi connectivity index (χ1n) is 7.69. The number of aromatic nitrogens is 1. The Morgan fingerprint density at radius 1 is 1.42 bits per heavy atom. The average Bonchev–Trinajstić information content (AvgIpc) is 2.98. The molecule has 2 heterocycles. The van der Waals surface area contributed by atoms with E-state index in [4.69, 9.17) is 9.47 Å². The summed E-state index contributed by atoms with van der Waals surface area (Å²) in [5.74, 6) is 0.00675. The molecule has 0 aliphatic carbocycles. The van der Waals surface area contributed by atoms with Crippen LogP contribution in [0.2, 0.25) is 0 Å². The maximum atomic E-state index is 12.0. The van der Waals surface area contributed by atoms with Gasteiger partial charge in [0, 0.05) is 17.4 Å². The van der Waals surface area contributed by atoms with Crippen LogP contribution in [0.25, 0.3) is 0 Å². The number of nitrogens with one attached hydrogen (secondary N) is 1. The predicted molar refractivity (Wildman–Crippen MR) is 89.0 cm³/mol. The summed E-state index contributed by atoms with van der Waals surface area (Å²) in [5, 5.41) is 5.60. The molecule has 0 saturated carbocycles. The van der Waals surface area contributed by atoms with Crippen LogP contribution >= 0.6 is 11.3 Å². The van der Waals surface area contributed by atoms with E-state index >= 15 is 0 Å². The molecule has 6 nitrogen and oxygen atoms in total. The zero-order valence-electron chi connectivity index (χ0n) is 13.3. The van der Waals surface area contributed by atoms with Gasteiger partial charge in [-0.25, -0.2) is 4.98 Å². The molecule has 0 bridgehead atoms. The molecular weight excluding hydrogens is 328 g/mol. The molecule has 1 aromatic carbocycles. The van der Waals surface area contributed by atoms with Crippen molar-refractivity contribution in [3.63, 3.8) is 0 Å². The molecule has 1 aliphatic heterocycles. The van der Waals surface area contributed by atoms with Crippen molar-refractivity contribution in [2.75, 3.05) is 13.2 Å². The Bertz CT molecular complexity index is 744. The number of para-hydroxylation sites is 1. The summed E-state index contributed by atoms with van der Waals surface area (Å²) < 4.78 is 10.6. The molecule has 24 heavy (non-hydrogen) atoms. The molecule has 3 rings (SSSR count). The van der Waals surface area contributed by atoms with Crippen molar-refractivity contribution in [3.05, 3.63) is 45.9 Å². The first-order valence-corrected chi connectivity index (χ1v) is 8.57. The van der Waals surface area contributed by atoms with Crippen molar-refractivity contribution in [2.45, 2.75) is 25.8 Å². The zero-order chi connectivity index (χ0) is 16.9. The summed E-state index contributed by atoms with van der Waals surface area (Å²) in [7, 11) is 0. The van der Waals surface area contributed by atoms with Gasteiger partial charge in [0.2, 0.25) is 0 Å². The third-order valence-electron chi connectivity index (χ3n) is 3.65. The number of esters is 1. The predicted octanol–water partition coefficient (Wildman–Crippen LogP) is 2.18. The Morgan fingerprint density at radius 2 is 2.25 bits per heavy atom. The molecule has 1 atom stereocenters. The summed E-state index contributed by atoms with van der Waals surface area (Å²) >= 11 is 1.48. The molecule has 2 aromatic rings. The van der Waals surface area contributed by atoms with Gasteiger partial charge in [-0.05, 0) is 13.0 Å². The van der Waals surface area contributed by atoms with Gasteiger partial charge in [-0.1, -0.05) is 18.2 Å². The highest BCUT2D eigenvalue weighted by atomic mass is 32.1. The maximum absolute atomic E-state index is 12.0. The van der Waals surface area contributed by atoms with E-state index in [0.29, 0.717) is 18.7 Å². The first-order chi connectivity index (χ1) is 11.6. The van der Waals surface area contributed by atoms with Crippen molar-refractivity contribution in [2.24, 2.45) is 0 Å². The lowest BCUT2D eigenvalue weighted by Crippen LogP contribution is -2.35. The van der Waals surface area contributed by atoms with E-state index in [9.17, 15) is 9.59 Å². The number of aryl methyl sites for hydroxylation is 1. The van der Waals surface area contributed by atoms with Gasteiger partial charge in [0.15, 0.2) is 6.61 Å². The fraction of sp³-hybridized carbons (Fsp3) is 0.353. The SMILES string of the molecule is Cc1nc(CC(=O)OCC(=O)N[C@H]2CCOc3ccccc32)cs1. The van der Waals surface area contributed by atoms with Crippen LogP contribution in [0.15, 0.2) is 29.6 Å². The van der Waals surface area contributed by atoms with Gasteiger partial charge >= 0.3 is 5.97 Å². The number of hydrogen-bond donors (Lipinski definition) is 1. The minimum Gasteiger partial charge on any atom is -0.493 e. The summed E-state index contributed by atoms with van der Waals surface area (Å²) in [6.45, 7) is 2.13. The number of benzene rings is 1. The second-order valence-corrected chi connectivity index (χ2v) is 6.55. The van der Waals surface area contributed by atoms with Crippen molar-refractivity contribution in [3.8, 4) is 5.75 Å². The molecule has 126 valence electrons. The zero-order valence-corrected chi connectivity index (χ0v) is 14.1. The second-order valence-electron chi connectivity index (χ2n) is 5.49. The van der Waals surface area contributed by atoms with Crippen molar-refractivity contribution < 1.29 is 19.1 Å². The molecule has 7 heteroatoms. The Balaban J connectivity index is 1.49. The number of ether oxygens (including phenoxy) is 2. The highest BCUT2D eigenvalue weighted by Crippen LogP contribution is 2.31. The Morgan fingerprint density at radius 3 is 3.04 bits per heavy atom. The van der Waals surface area contributed by atoms with E-state index in [2.05, 4.69) is 10.3 Å². The molecule has 0 unspecified atom stereocenters. The third kappa shape index (κ3) is 4.11. The van der Waals surface area contributed by atoms with E-state index in [0.717, 1.165) is 16.3 Å². The molecule has 1 aromatic heterocycles. The number of hydrogen-bond acceptors (Lipinski definition) is 6. The average molecular weight is 346 g/mol. The Labute approximate surface area is 143 Å². The molecule has 1 N–H and O–H groups in total. The summed E-state index contributed by atoms with van der Waals surface area (Å²) in [6, 6.07) is 7.48. The molecule has 1 aliphatic rings. The van der Waals surface area contributed by atoms with Gasteiger partial charge in [0.05, 0.1) is 29.8 Å². The van der Waals surface area contributed by atoms with Gasteiger partial charge in [0.25, 0.3) is 5.91 Å². The standard InChI is InChI=1S/C17H18N2O4S/c1-11-18-12(10-24-11)8-17(21)23-9-16(20)19-14-6-7-22-15-5-3-2-4-13(14)15/h2-5,10,14H,6-9H2,1H3,(H,19,20)/t14-/m0/s1. The number of carbonyl (C=O) groups is 2. The highest BCUT2D eigenvalue weighted by Gasteiger charge is 2.23. The topological polar surface area (TPSA) is 77.5 Å². The number of nitrogens with zero attached hydrogens (tertiary/aromatic N) is 1. The van der Waals surface area contributed by atoms with Crippen LogP contribution in [0.4, 0.5) is 0 Å². The van der Waals surface area contributed by atoms with Gasteiger partial charge in [0.1, 0.15) is 5.75 Å². The van der Waals surface area contributed by atoms with E-state index in [1.165, 1.54) is 11.3 Å². The van der Waals surface area contributed by atoms with E-state index in [-0.39, 0.29) is 25.0 Å². The number of rotatable bonds is 5. The van der Waals surface area contributed by atoms with E-state index in [1.807, 2.05) is 36.6 Å². The summed E-state index contributed by atoms with van der Waals surface area (Å²) in [5.41, 5.74) is 1.61. The number of carbonyl (C=O) groups excluding carboxylic acids is 2. The Kier molecular flexibility index (Phi) is 5.10. The fourth-order valence-corrected chi connectivity index (χ4v) is 3.17. The highest BCUT2D eigenvalue weighted by molar-refractivity contribution is 7.09. The van der Waals surface area contributed by atoms with Crippen LogP contribution in [0.3, 0.4) is 0 Å². The largest absolute Gasteiger partial charge is 0.493 e. The van der Waals surface area contributed by atoms with Crippen molar-refractivity contribution in [1.29, 1.82) is 0 Å². The van der Waals surface area contributed by atoms with E-state index in [1.54, 1.807) is 0 Å². The lowest BCUT2D eigenvalue weighted by molar-refractivity contribution is -0.148. The summed E-state index contributed by atoms with van der Waals surface area (Å²) in [4.78, 5) is 28.0. The van der Waals surface area contributed by atoms with Gasteiger partial charge in [-0.3, -0.25) is 9.59 Å². The number of amides is 1. The second kappa shape index (κ2) is 7.44. The van der Waals surface area contributed by atoms with Crippen molar-refractivity contribution >= 4 is 23.2 Å². The smallest absolute Gasteiger partial charge is 0.312 e. The lowest BCUT2D eigenvalue weighted by atomic mass is 10.0. The molecule has 0 radical (unpaired) electrons. The van der Waals surface area contributed by atoms with Crippen LogP contribution in [-0.2, 0) is 20.7 Å². The summed E-state index contributed by atoms with van der Waals surface area (Å²) in [6.07, 6.45) is 0.770. The minimum absolute atomic E-state index is 0.0811. The number of thiazole rings is 1. The van der Waals surface area contributed by atoms with Gasteiger partial charge < -0.3 is 14.8 Å². The minimum atomic E-state index is -0.456. The van der Waals surface area contributed by atoms with Crippen LogP contribution in [0.5, 0.6) is 5.75 Å². The molecule has 0 fully saturated rings. The lowest BCUT2D eigenvalue weighted by Gasteiger charge is -2.26. The molecule has 1 amide bonds. The molecule has 0 spiro atoms. The Hall–Kier alpha value is -2.41. The maximum Gasteiger partial charge on any atom is 0.312 e. The van der Waals surface area contributed by atoms with Crippen LogP contribution < -0.4 is 10.1 Å². The van der Waals surface area contributed by atoms with Gasteiger partial charge in [-0.15, -0.1) is 11.3 Å². The quantitative estimate of drug-likeness (QED) is 0.840. The first kappa shape index (κ1) is 16.4. The van der Waals surface area contributed by atoms with Crippen molar-refractivity contribution in [1.82, 2.24) is 10.3 Å². The van der Waals surface area contributed by atoms with Gasteiger partial charge in [-0.2, -0.15) is 0 Å². The van der Waals surface area contributed by atoms with Crippen LogP contribution in [-0.4, -0.2) is 30.1 Å². The normalized spacial score (nSPS) is 16.0. The van der Waals surface area contributed by atoms with Crippen LogP contribution in [0, 0.1) is 6.92 Å². The molecular formula is C17H18N2O4S. The third-order valence-corrected chi connectivity index (χ3v) is 4.47. The fourth-order valence-electron chi connectivity index (χ4n) is 2.56. The monoisotopic (exact) mass is 346 g/mol. The molecule has 0 saturated heterocycles. The van der Waals surface area contributed by atoms with E-state index < -0.39 is 5.97 Å².